The third-order valence-corrected chi connectivity index (χ3v) is 4.94. The summed E-state index contributed by atoms with van der Waals surface area (Å²) in [6, 6.07) is 12.2. The van der Waals surface area contributed by atoms with Gasteiger partial charge in [0.2, 0.25) is 0 Å². The van der Waals surface area contributed by atoms with Gasteiger partial charge < -0.3 is 20.4 Å². The first-order chi connectivity index (χ1) is 15.7. The van der Waals surface area contributed by atoms with E-state index < -0.39 is 23.4 Å². The number of fused-ring (bicyclic) bond motifs is 1. The predicted molar refractivity (Wildman–Crippen MR) is 117 cm³/mol. The molecule has 0 aliphatic carbocycles. The average molecular weight is 457 g/mol. The Balaban J connectivity index is 1.72. The number of nitrogens with zero attached hydrogens (tertiary/aromatic N) is 2. The average Bonchev–Trinajstić information content (AvgIpc) is 3.06. The summed E-state index contributed by atoms with van der Waals surface area (Å²) in [4.78, 5) is 27.7. The van der Waals surface area contributed by atoms with E-state index in [1.165, 1.54) is 29.8 Å². The first-order valence-electron chi connectivity index (χ1n) is 9.69. The van der Waals surface area contributed by atoms with Gasteiger partial charge in [0.25, 0.3) is 5.91 Å². The van der Waals surface area contributed by atoms with Crippen LogP contribution in [0.25, 0.3) is 11.1 Å². The van der Waals surface area contributed by atoms with E-state index in [2.05, 4.69) is 20.9 Å². The number of hydrogen-bond donors (Lipinski definition) is 3. The minimum absolute atomic E-state index is 0.112. The van der Waals surface area contributed by atoms with Crippen LogP contribution in [0, 0.1) is 0 Å². The normalized spacial score (nSPS) is 11.4. The molecule has 0 atom stereocenters. The number of benzene rings is 2. The molecular weight excluding hydrogens is 439 g/mol. The lowest BCUT2D eigenvalue weighted by molar-refractivity contribution is -0.137. The van der Waals surface area contributed by atoms with Gasteiger partial charge in [-0.2, -0.15) is 13.2 Å². The number of halogens is 3. The standard InChI is InChI=1S/C22H18F3N5O3/c1-26-20(31)13-5-3-4-6-15(13)29-16-10-19(27-11-14(16)22(23,24)25)28-12-7-8-17-18(9-12)33-21(32)30(17)2/h3-11H,1-2H3,(H,26,31)(H2,27,28,29). The van der Waals surface area contributed by atoms with Crippen LogP contribution in [0.4, 0.5) is 36.1 Å². The Morgan fingerprint density at radius 2 is 1.82 bits per heavy atom. The molecule has 0 bridgehead atoms. The van der Waals surface area contributed by atoms with Crippen LogP contribution in [0.1, 0.15) is 15.9 Å². The lowest BCUT2D eigenvalue weighted by atomic mass is 10.1. The van der Waals surface area contributed by atoms with Gasteiger partial charge in [-0.1, -0.05) is 12.1 Å². The molecule has 0 spiro atoms. The summed E-state index contributed by atoms with van der Waals surface area (Å²) in [5.41, 5.74) is 0.445. The summed E-state index contributed by atoms with van der Waals surface area (Å²) in [6.45, 7) is 0. The molecule has 0 radical (unpaired) electrons. The van der Waals surface area contributed by atoms with Crippen LogP contribution >= 0.6 is 0 Å². The van der Waals surface area contributed by atoms with Crippen molar-refractivity contribution in [1.29, 1.82) is 0 Å². The van der Waals surface area contributed by atoms with Gasteiger partial charge in [-0.3, -0.25) is 9.36 Å². The topological polar surface area (TPSA) is 101 Å². The molecule has 33 heavy (non-hydrogen) atoms. The third-order valence-electron chi connectivity index (χ3n) is 4.94. The van der Waals surface area contributed by atoms with Gasteiger partial charge in [0.1, 0.15) is 5.82 Å². The monoisotopic (exact) mass is 457 g/mol. The van der Waals surface area contributed by atoms with Crippen LogP contribution in [-0.2, 0) is 13.2 Å². The fourth-order valence-electron chi connectivity index (χ4n) is 3.28. The van der Waals surface area contributed by atoms with Gasteiger partial charge in [0.15, 0.2) is 5.58 Å². The van der Waals surface area contributed by atoms with Gasteiger partial charge in [-0.05, 0) is 24.3 Å². The number of oxazole rings is 1. The fourth-order valence-corrected chi connectivity index (χ4v) is 3.28. The van der Waals surface area contributed by atoms with E-state index in [1.54, 1.807) is 37.4 Å². The Hall–Kier alpha value is -4.28. The number of carbonyl (C=O) groups is 1. The number of carbonyl (C=O) groups excluding carboxylic acids is 1. The first-order valence-corrected chi connectivity index (χ1v) is 9.69. The number of aromatic nitrogens is 2. The molecule has 2 aromatic carbocycles. The lowest BCUT2D eigenvalue weighted by Crippen LogP contribution is -2.19. The Bertz CT molecular complexity index is 1410. The number of para-hydroxylation sites is 1. The van der Waals surface area contributed by atoms with E-state index in [0.29, 0.717) is 23.0 Å². The van der Waals surface area contributed by atoms with Crippen molar-refractivity contribution in [2.24, 2.45) is 7.05 Å². The Kier molecular flexibility index (Phi) is 5.54. The highest BCUT2D eigenvalue weighted by Crippen LogP contribution is 2.37. The maximum absolute atomic E-state index is 13.6. The predicted octanol–water partition coefficient (Wildman–Crippen LogP) is 4.39. The summed E-state index contributed by atoms with van der Waals surface area (Å²) in [6.07, 6.45) is -3.98. The van der Waals surface area contributed by atoms with E-state index >= 15 is 0 Å². The van der Waals surface area contributed by atoms with Crippen LogP contribution in [0.5, 0.6) is 0 Å². The van der Waals surface area contributed by atoms with Crippen molar-refractivity contribution >= 4 is 39.9 Å². The minimum Gasteiger partial charge on any atom is -0.408 e. The molecule has 0 unspecified atom stereocenters. The SMILES string of the molecule is CNC(=O)c1ccccc1Nc1cc(Nc2ccc3c(c2)oc(=O)n3C)ncc1C(F)(F)F. The van der Waals surface area contributed by atoms with Crippen molar-refractivity contribution in [1.82, 2.24) is 14.9 Å². The maximum Gasteiger partial charge on any atom is 0.419 e. The van der Waals surface area contributed by atoms with Gasteiger partial charge in [0.05, 0.1) is 28.0 Å². The highest BCUT2D eigenvalue weighted by Gasteiger charge is 2.34. The maximum atomic E-state index is 13.6. The number of pyridine rings is 1. The molecule has 0 fully saturated rings. The Morgan fingerprint density at radius 3 is 2.55 bits per heavy atom. The summed E-state index contributed by atoms with van der Waals surface area (Å²) < 4.78 is 47.3. The van der Waals surface area contributed by atoms with Gasteiger partial charge in [0, 0.05) is 38.1 Å². The summed E-state index contributed by atoms with van der Waals surface area (Å²) in [5.74, 6) is -0.867. The number of alkyl halides is 3. The van der Waals surface area contributed by atoms with Crippen molar-refractivity contribution in [3.05, 3.63) is 76.4 Å². The number of hydrogen-bond acceptors (Lipinski definition) is 6. The lowest BCUT2D eigenvalue weighted by Gasteiger charge is -2.17. The minimum atomic E-state index is -4.68. The second kappa shape index (κ2) is 8.34. The van der Waals surface area contributed by atoms with E-state index in [4.69, 9.17) is 4.42 Å². The van der Waals surface area contributed by atoms with E-state index in [0.717, 1.165) is 0 Å². The largest absolute Gasteiger partial charge is 0.419 e. The van der Waals surface area contributed by atoms with Crippen LogP contribution in [0.15, 0.2) is 63.9 Å². The molecule has 11 heteroatoms. The number of anilines is 4. The smallest absolute Gasteiger partial charge is 0.408 e. The molecule has 0 aliphatic rings. The van der Waals surface area contributed by atoms with Crippen LogP contribution in [-0.4, -0.2) is 22.5 Å². The first kappa shape index (κ1) is 21.9. The molecular formula is C22H18F3N5O3. The van der Waals surface area contributed by atoms with Crippen molar-refractivity contribution in [2.45, 2.75) is 6.18 Å². The van der Waals surface area contributed by atoms with E-state index in [-0.39, 0.29) is 22.8 Å². The molecule has 0 saturated heterocycles. The van der Waals surface area contributed by atoms with E-state index in [9.17, 15) is 22.8 Å². The molecule has 2 heterocycles. The molecule has 0 saturated carbocycles. The second-order valence-corrected chi connectivity index (χ2v) is 7.10. The molecule has 8 nitrogen and oxygen atoms in total. The van der Waals surface area contributed by atoms with Gasteiger partial charge in [-0.15, -0.1) is 0 Å². The number of amides is 1. The second-order valence-electron chi connectivity index (χ2n) is 7.10. The summed E-state index contributed by atoms with van der Waals surface area (Å²) >= 11 is 0. The summed E-state index contributed by atoms with van der Waals surface area (Å²) in [5, 5.41) is 8.07. The number of nitrogens with one attached hydrogen (secondary N) is 3. The number of aryl methyl sites for hydroxylation is 1. The fraction of sp³-hybridized carbons (Fsp3) is 0.136. The number of rotatable bonds is 5. The molecule has 2 aromatic heterocycles. The zero-order valence-electron chi connectivity index (χ0n) is 17.4. The Labute approximate surface area is 185 Å². The van der Waals surface area contributed by atoms with Crippen molar-refractivity contribution in [2.75, 3.05) is 17.7 Å². The van der Waals surface area contributed by atoms with Crippen molar-refractivity contribution in [3.63, 3.8) is 0 Å². The van der Waals surface area contributed by atoms with Crippen LogP contribution in [0.2, 0.25) is 0 Å². The molecule has 1 amide bonds. The molecule has 0 aliphatic heterocycles. The summed E-state index contributed by atoms with van der Waals surface area (Å²) in [7, 11) is 2.99. The molecule has 4 rings (SSSR count). The van der Waals surface area contributed by atoms with Crippen molar-refractivity contribution < 1.29 is 22.4 Å². The zero-order chi connectivity index (χ0) is 23.8. The third kappa shape index (κ3) is 4.38. The molecule has 4 aromatic rings. The molecule has 170 valence electrons. The van der Waals surface area contributed by atoms with Crippen molar-refractivity contribution in [3.8, 4) is 0 Å². The van der Waals surface area contributed by atoms with Crippen LogP contribution < -0.4 is 21.7 Å². The highest BCUT2D eigenvalue weighted by molar-refractivity contribution is 6.00. The Morgan fingerprint density at radius 1 is 1.06 bits per heavy atom. The molecule has 3 N–H and O–H groups in total. The highest BCUT2D eigenvalue weighted by atomic mass is 19.4. The van der Waals surface area contributed by atoms with E-state index in [1.807, 2.05) is 0 Å². The van der Waals surface area contributed by atoms with Crippen LogP contribution in [0.3, 0.4) is 0 Å². The van der Waals surface area contributed by atoms with Gasteiger partial charge >= 0.3 is 11.9 Å². The van der Waals surface area contributed by atoms with Gasteiger partial charge in [-0.25, -0.2) is 9.78 Å². The quantitative estimate of drug-likeness (QED) is 0.411. The zero-order valence-corrected chi connectivity index (χ0v) is 17.4.